The third kappa shape index (κ3) is 3.66. The monoisotopic (exact) mass is 356 g/mol. The highest BCUT2D eigenvalue weighted by molar-refractivity contribution is 5.92. The number of rotatable bonds is 5. The van der Waals surface area contributed by atoms with Crippen LogP contribution in [0.15, 0.2) is 40.9 Å². The number of aryl methyl sites for hydroxylation is 1. The Labute approximate surface area is 153 Å². The molecule has 3 unspecified atom stereocenters. The van der Waals surface area contributed by atoms with E-state index in [1.165, 1.54) is 0 Å². The van der Waals surface area contributed by atoms with Gasteiger partial charge in [0.15, 0.2) is 5.76 Å². The second-order valence-corrected chi connectivity index (χ2v) is 7.06. The van der Waals surface area contributed by atoms with E-state index in [0.29, 0.717) is 38.0 Å². The number of fused-ring (bicyclic) bond motifs is 1. The first-order valence-corrected chi connectivity index (χ1v) is 9.17. The van der Waals surface area contributed by atoms with Gasteiger partial charge in [0.25, 0.3) is 5.91 Å². The zero-order chi connectivity index (χ0) is 17.9. The van der Waals surface area contributed by atoms with Gasteiger partial charge in [0.05, 0.1) is 37.7 Å². The number of furan rings is 1. The molecule has 26 heavy (non-hydrogen) atoms. The molecule has 138 valence electrons. The van der Waals surface area contributed by atoms with E-state index in [9.17, 15) is 4.79 Å². The van der Waals surface area contributed by atoms with E-state index >= 15 is 0 Å². The van der Waals surface area contributed by atoms with Gasteiger partial charge in [-0.1, -0.05) is 6.07 Å². The quantitative estimate of drug-likeness (QED) is 0.824. The highest BCUT2D eigenvalue weighted by Gasteiger charge is 2.43. The molecule has 1 aliphatic heterocycles. The number of nitrogens with zero attached hydrogens (tertiary/aromatic N) is 2. The third-order valence-corrected chi connectivity index (χ3v) is 5.18. The van der Waals surface area contributed by atoms with Gasteiger partial charge in [-0.2, -0.15) is 0 Å². The summed E-state index contributed by atoms with van der Waals surface area (Å²) in [6.45, 7) is 4.22. The molecule has 6 nitrogen and oxygen atoms in total. The summed E-state index contributed by atoms with van der Waals surface area (Å²) >= 11 is 0. The standard InChI is InChI=1S/C20H24N2O4/c1-14-5-6-18(26-14)20(23)22-8-9-25-19-11-15(10-17(19)22)12-24-13-16-4-2-3-7-21-16/h2-7,15,17,19H,8-13H2,1H3. The van der Waals surface area contributed by atoms with Crippen molar-refractivity contribution in [1.29, 1.82) is 0 Å². The summed E-state index contributed by atoms with van der Waals surface area (Å²) in [5.74, 6) is 1.52. The van der Waals surface area contributed by atoms with Crippen molar-refractivity contribution in [3.63, 3.8) is 0 Å². The van der Waals surface area contributed by atoms with E-state index in [0.717, 1.165) is 24.3 Å². The topological polar surface area (TPSA) is 64.8 Å². The average Bonchev–Trinajstić information content (AvgIpc) is 3.27. The molecule has 0 bridgehead atoms. The molecule has 2 fully saturated rings. The number of hydrogen-bond acceptors (Lipinski definition) is 5. The molecule has 3 heterocycles. The minimum Gasteiger partial charge on any atom is -0.456 e. The molecule has 6 heteroatoms. The minimum absolute atomic E-state index is 0.0357. The molecule has 0 spiro atoms. The molecule has 1 saturated heterocycles. The highest BCUT2D eigenvalue weighted by atomic mass is 16.5. The molecule has 2 aromatic rings. The van der Waals surface area contributed by atoms with Crippen LogP contribution < -0.4 is 0 Å². The Kier molecular flexibility index (Phi) is 5.04. The van der Waals surface area contributed by atoms with Crippen LogP contribution in [0.25, 0.3) is 0 Å². The SMILES string of the molecule is Cc1ccc(C(=O)N2CCOC3CC(COCc4ccccn4)CC32)o1. The second-order valence-electron chi connectivity index (χ2n) is 7.06. The fourth-order valence-electron chi connectivity index (χ4n) is 3.94. The zero-order valence-corrected chi connectivity index (χ0v) is 15.0. The molecular weight excluding hydrogens is 332 g/mol. The summed E-state index contributed by atoms with van der Waals surface area (Å²) in [5, 5.41) is 0. The van der Waals surface area contributed by atoms with Gasteiger partial charge in [-0.3, -0.25) is 9.78 Å². The van der Waals surface area contributed by atoms with Crippen LogP contribution in [0.2, 0.25) is 0 Å². The molecule has 0 radical (unpaired) electrons. The fraction of sp³-hybridized carbons (Fsp3) is 0.500. The van der Waals surface area contributed by atoms with Gasteiger partial charge in [-0.05, 0) is 49.9 Å². The first-order valence-electron chi connectivity index (χ1n) is 9.17. The summed E-state index contributed by atoms with van der Waals surface area (Å²) in [7, 11) is 0. The molecule has 4 rings (SSSR count). The lowest BCUT2D eigenvalue weighted by Crippen LogP contribution is -2.51. The van der Waals surface area contributed by atoms with Gasteiger partial charge < -0.3 is 18.8 Å². The van der Waals surface area contributed by atoms with Gasteiger partial charge in [-0.15, -0.1) is 0 Å². The number of carbonyl (C=O) groups excluding carboxylic acids is 1. The average molecular weight is 356 g/mol. The summed E-state index contributed by atoms with van der Waals surface area (Å²) in [6, 6.07) is 9.50. The number of pyridine rings is 1. The van der Waals surface area contributed by atoms with Crippen LogP contribution >= 0.6 is 0 Å². The van der Waals surface area contributed by atoms with Crippen molar-refractivity contribution in [3.8, 4) is 0 Å². The predicted octanol–water partition coefficient (Wildman–Crippen LogP) is 2.82. The van der Waals surface area contributed by atoms with Crippen molar-refractivity contribution in [3.05, 3.63) is 53.7 Å². The Bertz CT molecular complexity index is 745. The van der Waals surface area contributed by atoms with Crippen LogP contribution in [0.1, 0.15) is 34.9 Å². The van der Waals surface area contributed by atoms with Crippen LogP contribution in [0, 0.1) is 12.8 Å². The van der Waals surface area contributed by atoms with Crippen molar-refractivity contribution in [2.24, 2.45) is 5.92 Å². The number of amides is 1. The Morgan fingerprint density at radius 1 is 1.31 bits per heavy atom. The van der Waals surface area contributed by atoms with Crippen LogP contribution in [0.4, 0.5) is 0 Å². The Balaban J connectivity index is 1.34. The van der Waals surface area contributed by atoms with Crippen molar-refractivity contribution >= 4 is 5.91 Å². The molecule has 0 aromatic carbocycles. The number of hydrogen-bond donors (Lipinski definition) is 0. The molecule has 1 saturated carbocycles. The van der Waals surface area contributed by atoms with E-state index in [1.54, 1.807) is 12.3 Å². The number of ether oxygens (including phenoxy) is 2. The molecule has 3 atom stereocenters. The summed E-state index contributed by atoms with van der Waals surface area (Å²) in [4.78, 5) is 19.0. The van der Waals surface area contributed by atoms with Crippen molar-refractivity contribution in [1.82, 2.24) is 9.88 Å². The molecular formula is C20H24N2O4. The van der Waals surface area contributed by atoms with Crippen molar-refractivity contribution in [2.45, 2.75) is 38.5 Å². The maximum absolute atomic E-state index is 12.8. The van der Waals surface area contributed by atoms with Crippen molar-refractivity contribution in [2.75, 3.05) is 19.8 Å². The smallest absolute Gasteiger partial charge is 0.289 e. The van der Waals surface area contributed by atoms with E-state index in [-0.39, 0.29) is 18.1 Å². The Morgan fingerprint density at radius 2 is 2.23 bits per heavy atom. The predicted molar refractivity (Wildman–Crippen MR) is 94.6 cm³/mol. The molecule has 2 aromatic heterocycles. The lowest BCUT2D eigenvalue weighted by Gasteiger charge is -2.37. The first-order chi connectivity index (χ1) is 12.7. The number of carbonyl (C=O) groups is 1. The van der Waals surface area contributed by atoms with Gasteiger partial charge in [0.1, 0.15) is 5.76 Å². The van der Waals surface area contributed by atoms with Gasteiger partial charge in [0, 0.05) is 12.7 Å². The maximum Gasteiger partial charge on any atom is 0.289 e. The summed E-state index contributed by atoms with van der Waals surface area (Å²) in [6.07, 6.45) is 3.69. The van der Waals surface area contributed by atoms with Gasteiger partial charge in [0.2, 0.25) is 0 Å². The first kappa shape index (κ1) is 17.2. The third-order valence-electron chi connectivity index (χ3n) is 5.18. The minimum atomic E-state index is -0.0357. The van der Waals surface area contributed by atoms with E-state index < -0.39 is 0 Å². The van der Waals surface area contributed by atoms with E-state index in [4.69, 9.17) is 13.9 Å². The second kappa shape index (κ2) is 7.60. The summed E-state index contributed by atoms with van der Waals surface area (Å²) < 4.78 is 17.3. The highest BCUT2D eigenvalue weighted by Crippen LogP contribution is 2.35. The molecule has 1 aliphatic carbocycles. The van der Waals surface area contributed by atoms with Crippen LogP contribution in [0.5, 0.6) is 0 Å². The van der Waals surface area contributed by atoms with Gasteiger partial charge in [-0.25, -0.2) is 0 Å². The Hall–Kier alpha value is -2.18. The lowest BCUT2D eigenvalue weighted by molar-refractivity contribution is -0.0459. The molecule has 2 aliphatic rings. The molecule has 1 amide bonds. The van der Waals surface area contributed by atoms with Crippen LogP contribution in [-0.4, -0.2) is 47.7 Å². The van der Waals surface area contributed by atoms with E-state index in [2.05, 4.69) is 4.98 Å². The van der Waals surface area contributed by atoms with Crippen molar-refractivity contribution < 1.29 is 18.7 Å². The van der Waals surface area contributed by atoms with Crippen LogP contribution in [-0.2, 0) is 16.1 Å². The Morgan fingerprint density at radius 3 is 3.00 bits per heavy atom. The van der Waals surface area contributed by atoms with Gasteiger partial charge >= 0.3 is 0 Å². The molecule has 0 N–H and O–H groups in total. The normalized spacial score (nSPS) is 25.3. The maximum atomic E-state index is 12.8. The lowest BCUT2D eigenvalue weighted by atomic mass is 10.1. The summed E-state index contributed by atoms with van der Waals surface area (Å²) in [5.41, 5.74) is 0.934. The fourth-order valence-corrected chi connectivity index (χ4v) is 3.94. The zero-order valence-electron chi connectivity index (χ0n) is 15.0. The van der Waals surface area contributed by atoms with E-state index in [1.807, 2.05) is 36.1 Å². The largest absolute Gasteiger partial charge is 0.456 e. The number of morpholine rings is 1. The number of aromatic nitrogens is 1. The van der Waals surface area contributed by atoms with Crippen LogP contribution in [0.3, 0.4) is 0 Å².